The summed E-state index contributed by atoms with van der Waals surface area (Å²) in [6, 6.07) is 9.76. The van der Waals surface area contributed by atoms with Gasteiger partial charge in [-0.15, -0.1) is 0 Å². The highest BCUT2D eigenvalue weighted by Crippen LogP contribution is 2.40. The highest BCUT2D eigenvalue weighted by molar-refractivity contribution is 6.16. The number of nitrogens with zero attached hydrogens (tertiary/aromatic N) is 1. The fourth-order valence-corrected chi connectivity index (χ4v) is 4.98. The summed E-state index contributed by atoms with van der Waals surface area (Å²) < 4.78 is 25.9. The molecule has 41 heavy (non-hydrogen) atoms. The number of nitrogens with one attached hydrogen (secondary N) is 2. The maximum Gasteiger partial charge on any atom is 0.337 e. The predicted octanol–water partition coefficient (Wildman–Crippen LogP) is 5.13. The molecular weight excluding hydrogens is 533 g/mol. The van der Waals surface area contributed by atoms with E-state index in [1.54, 1.807) is 19.1 Å². The first-order valence-electron chi connectivity index (χ1n) is 12.8. The van der Waals surface area contributed by atoms with Crippen LogP contribution in [0.15, 0.2) is 56.5 Å². The van der Waals surface area contributed by atoms with Crippen molar-refractivity contribution < 1.29 is 28.2 Å². The Morgan fingerprint density at radius 3 is 2.39 bits per heavy atom. The van der Waals surface area contributed by atoms with E-state index in [2.05, 4.69) is 10.6 Å². The van der Waals surface area contributed by atoms with Crippen molar-refractivity contribution in [2.24, 2.45) is 5.41 Å². The molecular formula is C30H28FN3O7. The number of hydrogen-bond acceptors (Lipinski definition) is 8. The fourth-order valence-electron chi connectivity index (χ4n) is 4.98. The number of amides is 1. The zero-order valence-corrected chi connectivity index (χ0v) is 23.0. The number of carboxylic acid groups (broad SMARTS) is 1. The monoisotopic (exact) mass is 561 g/mol. The minimum absolute atomic E-state index is 0.0210. The van der Waals surface area contributed by atoms with E-state index in [0.29, 0.717) is 11.5 Å². The second-order valence-corrected chi connectivity index (χ2v) is 11.0. The fraction of sp³-hybridized carbons (Fsp3) is 0.267. The quantitative estimate of drug-likeness (QED) is 0.250. The maximum absolute atomic E-state index is 15.0. The maximum atomic E-state index is 15.0. The van der Waals surface area contributed by atoms with Crippen molar-refractivity contribution in [3.8, 4) is 5.75 Å². The molecule has 2 heterocycles. The summed E-state index contributed by atoms with van der Waals surface area (Å²) >= 11 is 0. The van der Waals surface area contributed by atoms with Crippen molar-refractivity contribution in [2.45, 2.75) is 40.3 Å². The predicted molar refractivity (Wildman–Crippen MR) is 151 cm³/mol. The molecule has 212 valence electrons. The van der Waals surface area contributed by atoms with Crippen molar-refractivity contribution in [1.29, 1.82) is 0 Å². The van der Waals surface area contributed by atoms with Crippen LogP contribution in [0.25, 0.3) is 0 Å². The second-order valence-electron chi connectivity index (χ2n) is 11.0. The zero-order valence-electron chi connectivity index (χ0n) is 23.0. The number of benzene rings is 2. The van der Waals surface area contributed by atoms with Gasteiger partial charge in [0.25, 0.3) is 16.8 Å². The van der Waals surface area contributed by atoms with Gasteiger partial charge in [0, 0.05) is 5.56 Å². The van der Waals surface area contributed by atoms with Gasteiger partial charge in [-0.25, -0.2) is 9.18 Å². The second kappa shape index (κ2) is 9.92. The summed E-state index contributed by atoms with van der Waals surface area (Å²) in [6.45, 7) is 7.42. The number of halogens is 1. The Bertz CT molecular complexity index is 1780. The lowest BCUT2D eigenvalue weighted by atomic mass is 9.85. The molecule has 3 aromatic carbocycles. The largest absolute Gasteiger partial charge is 0.497 e. The number of methoxy groups -OCH3 is 1. The van der Waals surface area contributed by atoms with Crippen molar-refractivity contribution in [3.05, 3.63) is 96.9 Å². The highest BCUT2D eigenvalue weighted by atomic mass is 19.1. The lowest BCUT2D eigenvalue weighted by Gasteiger charge is -2.31. The Morgan fingerprint density at radius 2 is 1.78 bits per heavy atom. The number of fused-ring (bicyclic) bond motifs is 1. The molecule has 0 radical (unpaired) electrons. The van der Waals surface area contributed by atoms with Crippen molar-refractivity contribution in [3.63, 3.8) is 0 Å². The van der Waals surface area contributed by atoms with Crippen molar-refractivity contribution in [2.75, 3.05) is 22.6 Å². The molecule has 1 aliphatic rings. The van der Waals surface area contributed by atoms with Crippen molar-refractivity contribution >= 4 is 34.6 Å². The molecule has 10 nitrogen and oxygen atoms in total. The average Bonchev–Trinajstić information content (AvgIpc) is 3.51. The van der Waals surface area contributed by atoms with E-state index in [0.717, 1.165) is 11.0 Å². The molecule has 0 bridgehead atoms. The van der Waals surface area contributed by atoms with Gasteiger partial charge in [-0.1, -0.05) is 20.8 Å². The molecule has 4 aromatic rings. The van der Waals surface area contributed by atoms with Gasteiger partial charge in [0.1, 0.15) is 34.5 Å². The molecule has 0 aliphatic carbocycles. The Kier molecular flexibility index (Phi) is 6.68. The van der Waals surface area contributed by atoms with Gasteiger partial charge in [-0.3, -0.25) is 14.4 Å². The molecule has 3 N–H and O–H groups in total. The molecule has 0 saturated heterocycles. The van der Waals surface area contributed by atoms with Gasteiger partial charge >= 0.3 is 5.97 Å². The zero-order chi connectivity index (χ0) is 29.8. The Labute approximate surface area is 234 Å². The van der Waals surface area contributed by atoms with Crippen LogP contribution in [0, 0.1) is 18.2 Å². The number of carboxylic acids is 1. The van der Waals surface area contributed by atoms with Crippen LogP contribution in [0.2, 0.25) is 0 Å². The van der Waals surface area contributed by atoms with Gasteiger partial charge in [0.05, 0.1) is 42.2 Å². The van der Waals surface area contributed by atoms with E-state index in [4.69, 9.17) is 9.15 Å². The average molecular weight is 562 g/mol. The number of ether oxygens (including phenoxy) is 1. The van der Waals surface area contributed by atoms with Gasteiger partial charge in [0.2, 0.25) is 0 Å². The number of carbonyl (C=O) groups is 2. The first-order chi connectivity index (χ1) is 19.3. The number of aromatic carboxylic acids is 1. The summed E-state index contributed by atoms with van der Waals surface area (Å²) in [5.41, 5.74) is -2.06. The van der Waals surface area contributed by atoms with Gasteiger partial charge in [-0.05, 0) is 54.8 Å². The standard InChI is InChI=1S/C30H28FN3O7/c1-14-6-11-21(41-14)27(30(2,3)4)33-24-23(25(35)26(24)36)32-19-9-8-18(31)17-13-34(28(37)22(17)19)20-10-7-15(40-5)12-16(20)29(38)39/h6-12,27,32-33H,13H2,1-5H3,(H,38,39)/t27-/m0/s1. The molecule has 1 amide bonds. The number of carbonyl (C=O) groups excluding carboxylic acids is 1. The molecule has 0 saturated carbocycles. The van der Waals surface area contributed by atoms with Crippen LogP contribution in [-0.2, 0) is 6.54 Å². The lowest BCUT2D eigenvalue weighted by molar-refractivity contribution is 0.0697. The SMILES string of the molecule is COc1ccc(N2Cc3c(F)ccc(Nc4c(N[C@@H](c5ccc(C)o5)C(C)(C)C)c(=O)c4=O)c3C2=O)c(C(=O)O)c1. The molecule has 0 fully saturated rings. The minimum atomic E-state index is -1.29. The summed E-state index contributed by atoms with van der Waals surface area (Å²) in [5, 5.41) is 15.8. The lowest BCUT2D eigenvalue weighted by Crippen LogP contribution is -2.39. The van der Waals surface area contributed by atoms with Gasteiger partial charge in [-0.2, -0.15) is 0 Å². The summed E-state index contributed by atoms with van der Waals surface area (Å²) in [5.74, 6) is -1.08. The molecule has 1 aliphatic heterocycles. The van der Waals surface area contributed by atoms with Crippen LogP contribution in [0.4, 0.5) is 27.1 Å². The van der Waals surface area contributed by atoms with E-state index in [1.807, 2.05) is 20.8 Å². The smallest absolute Gasteiger partial charge is 0.337 e. The van der Waals surface area contributed by atoms with Crippen LogP contribution >= 0.6 is 0 Å². The van der Waals surface area contributed by atoms with E-state index in [1.165, 1.54) is 31.4 Å². The highest BCUT2D eigenvalue weighted by Gasteiger charge is 2.37. The molecule has 0 spiro atoms. The number of aryl methyl sites for hydroxylation is 1. The van der Waals surface area contributed by atoms with Crippen LogP contribution in [0.3, 0.4) is 0 Å². The van der Waals surface area contributed by atoms with Crippen LogP contribution in [-0.4, -0.2) is 24.1 Å². The molecule has 1 aromatic heterocycles. The molecule has 11 heteroatoms. The topological polar surface area (TPSA) is 138 Å². The number of hydrogen-bond donors (Lipinski definition) is 3. The van der Waals surface area contributed by atoms with Gasteiger partial charge in [0.15, 0.2) is 0 Å². The third-order valence-corrected chi connectivity index (χ3v) is 7.13. The third kappa shape index (κ3) is 4.73. The van der Waals surface area contributed by atoms with E-state index in [9.17, 15) is 28.7 Å². The summed E-state index contributed by atoms with van der Waals surface area (Å²) in [4.78, 5) is 52.1. The first-order valence-corrected chi connectivity index (χ1v) is 12.8. The van der Waals surface area contributed by atoms with Gasteiger partial charge < -0.3 is 29.8 Å². The van der Waals surface area contributed by atoms with E-state index >= 15 is 0 Å². The van der Waals surface area contributed by atoms with Crippen LogP contribution in [0.1, 0.15) is 64.6 Å². The number of rotatable bonds is 8. The Morgan fingerprint density at radius 1 is 1.07 bits per heavy atom. The Balaban J connectivity index is 1.51. The van der Waals surface area contributed by atoms with E-state index in [-0.39, 0.29) is 51.7 Å². The first kappa shape index (κ1) is 27.6. The summed E-state index contributed by atoms with van der Waals surface area (Å²) in [7, 11) is 1.38. The number of furan rings is 1. The molecule has 0 unspecified atom stereocenters. The molecule has 5 rings (SSSR count). The van der Waals surface area contributed by atoms with Crippen LogP contribution in [0.5, 0.6) is 5.75 Å². The third-order valence-electron chi connectivity index (χ3n) is 7.13. The van der Waals surface area contributed by atoms with Crippen LogP contribution < -0.4 is 31.1 Å². The summed E-state index contributed by atoms with van der Waals surface area (Å²) in [6.07, 6.45) is 0. The Hall–Kier alpha value is -4.93. The molecule has 1 atom stereocenters. The minimum Gasteiger partial charge on any atom is -0.497 e. The van der Waals surface area contributed by atoms with Crippen molar-refractivity contribution in [1.82, 2.24) is 0 Å². The van der Waals surface area contributed by atoms with E-state index < -0.39 is 40.0 Å². The number of anilines is 4. The normalized spacial score (nSPS) is 13.8.